The lowest BCUT2D eigenvalue weighted by Gasteiger charge is -2.01. The van der Waals surface area contributed by atoms with Gasteiger partial charge in [-0.15, -0.1) is 0 Å². The third-order valence-electron chi connectivity index (χ3n) is 3.55. The smallest absolute Gasteiger partial charge is 0.138 e. The van der Waals surface area contributed by atoms with E-state index in [1.807, 2.05) is 6.07 Å². The second kappa shape index (κ2) is 3.75. The Balaban J connectivity index is 1.85. The van der Waals surface area contributed by atoms with Gasteiger partial charge >= 0.3 is 0 Å². The van der Waals surface area contributed by atoms with Gasteiger partial charge in [-0.05, 0) is 42.3 Å². The van der Waals surface area contributed by atoms with Crippen LogP contribution < -0.4 is 5.32 Å². The topological polar surface area (TPSA) is 60.9 Å². The Morgan fingerprint density at radius 1 is 1.11 bits per heavy atom. The highest BCUT2D eigenvalue weighted by atomic mass is 16.3. The Bertz CT molecular complexity index is 776. The minimum Gasteiger partial charge on any atom is -0.508 e. The van der Waals surface area contributed by atoms with Gasteiger partial charge in [0.2, 0.25) is 0 Å². The molecular formula is C15H13N3O. The van der Waals surface area contributed by atoms with Crippen molar-refractivity contribution < 1.29 is 5.11 Å². The van der Waals surface area contributed by atoms with Gasteiger partial charge in [0.15, 0.2) is 0 Å². The van der Waals surface area contributed by atoms with E-state index in [0.717, 1.165) is 35.4 Å². The summed E-state index contributed by atoms with van der Waals surface area (Å²) in [6, 6.07) is 11.5. The molecule has 19 heavy (non-hydrogen) atoms. The van der Waals surface area contributed by atoms with Crippen molar-refractivity contribution in [1.82, 2.24) is 9.97 Å². The molecule has 0 aliphatic carbocycles. The lowest BCUT2D eigenvalue weighted by molar-refractivity contribution is 0.476. The summed E-state index contributed by atoms with van der Waals surface area (Å²) in [5.74, 6) is 1.09. The molecule has 0 saturated carbocycles. The van der Waals surface area contributed by atoms with Crippen molar-refractivity contribution in [3.8, 4) is 17.1 Å². The lowest BCUT2D eigenvalue weighted by atomic mass is 10.1. The number of fused-ring (bicyclic) bond motifs is 2. The van der Waals surface area contributed by atoms with Gasteiger partial charge in [0.25, 0.3) is 0 Å². The average Bonchev–Trinajstić information content (AvgIpc) is 3.02. The monoisotopic (exact) mass is 251 g/mol. The zero-order valence-electron chi connectivity index (χ0n) is 10.3. The average molecular weight is 251 g/mol. The van der Waals surface area contributed by atoms with Crippen molar-refractivity contribution in [3.63, 3.8) is 0 Å². The van der Waals surface area contributed by atoms with E-state index in [0.29, 0.717) is 0 Å². The molecule has 4 rings (SSSR count). The number of nitrogens with zero attached hydrogens (tertiary/aromatic N) is 1. The number of hydrogen-bond donors (Lipinski definition) is 3. The standard InChI is InChI=1S/C15H13N3O/c19-11-2-4-13-14(8-11)18-15(17-13)10-1-3-12-9(7-10)5-6-16-12/h1-4,7-8,16,19H,5-6H2,(H,17,18). The van der Waals surface area contributed by atoms with Crippen LogP contribution in [0.15, 0.2) is 36.4 Å². The maximum atomic E-state index is 9.48. The molecule has 0 atom stereocenters. The molecule has 3 aromatic rings. The fourth-order valence-electron chi connectivity index (χ4n) is 2.59. The molecular weight excluding hydrogens is 238 g/mol. The van der Waals surface area contributed by atoms with Crippen molar-refractivity contribution in [3.05, 3.63) is 42.0 Å². The van der Waals surface area contributed by atoms with Crippen LogP contribution in [0.5, 0.6) is 5.75 Å². The highest BCUT2D eigenvalue weighted by molar-refractivity contribution is 5.81. The summed E-state index contributed by atoms with van der Waals surface area (Å²) in [6.45, 7) is 1.01. The third-order valence-corrected chi connectivity index (χ3v) is 3.55. The molecule has 1 aromatic heterocycles. The number of hydrogen-bond acceptors (Lipinski definition) is 3. The van der Waals surface area contributed by atoms with Crippen molar-refractivity contribution in [2.75, 3.05) is 11.9 Å². The predicted octanol–water partition coefficient (Wildman–Crippen LogP) is 2.90. The van der Waals surface area contributed by atoms with Crippen molar-refractivity contribution in [1.29, 1.82) is 0 Å². The molecule has 2 heterocycles. The zero-order valence-corrected chi connectivity index (χ0v) is 10.3. The summed E-state index contributed by atoms with van der Waals surface area (Å²) in [7, 11) is 0. The molecule has 4 nitrogen and oxygen atoms in total. The highest BCUT2D eigenvalue weighted by Gasteiger charge is 2.12. The van der Waals surface area contributed by atoms with Crippen LogP contribution in [0.25, 0.3) is 22.4 Å². The number of imidazole rings is 1. The summed E-state index contributed by atoms with van der Waals surface area (Å²) < 4.78 is 0. The lowest BCUT2D eigenvalue weighted by Crippen LogP contribution is -1.90. The first-order valence-electron chi connectivity index (χ1n) is 6.35. The number of aromatic amines is 1. The minimum absolute atomic E-state index is 0.251. The Kier molecular flexibility index (Phi) is 2.06. The van der Waals surface area contributed by atoms with E-state index < -0.39 is 0 Å². The summed E-state index contributed by atoms with van der Waals surface area (Å²) in [5, 5.41) is 12.8. The summed E-state index contributed by atoms with van der Waals surface area (Å²) >= 11 is 0. The van der Waals surface area contributed by atoms with Crippen molar-refractivity contribution in [2.45, 2.75) is 6.42 Å². The van der Waals surface area contributed by atoms with E-state index in [4.69, 9.17) is 0 Å². The Morgan fingerprint density at radius 2 is 2.05 bits per heavy atom. The van der Waals surface area contributed by atoms with Crippen LogP contribution in [0.3, 0.4) is 0 Å². The van der Waals surface area contributed by atoms with Crippen LogP contribution in [0.4, 0.5) is 5.69 Å². The molecule has 0 bridgehead atoms. The second-order valence-corrected chi connectivity index (χ2v) is 4.84. The van der Waals surface area contributed by atoms with Gasteiger partial charge in [-0.3, -0.25) is 0 Å². The van der Waals surface area contributed by atoms with Gasteiger partial charge in [-0.25, -0.2) is 4.98 Å². The SMILES string of the molecule is Oc1ccc2nc(-c3ccc4c(c3)CCN4)[nH]c2c1. The summed E-state index contributed by atoms with van der Waals surface area (Å²) in [5.41, 5.74) is 5.36. The molecule has 0 amide bonds. The Labute approximate surface area is 110 Å². The van der Waals surface area contributed by atoms with Crippen molar-refractivity contribution >= 4 is 16.7 Å². The third kappa shape index (κ3) is 1.64. The van der Waals surface area contributed by atoms with Crippen LogP contribution in [0.2, 0.25) is 0 Å². The first-order chi connectivity index (χ1) is 9.29. The normalized spacial score (nSPS) is 13.5. The summed E-state index contributed by atoms with van der Waals surface area (Å²) in [4.78, 5) is 7.81. The molecule has 4 heteroatoms. The number of nitrogens with one attached hydrogen (secondary N) is 2. The van der Waals surface area contributed by atoms with Crippen LogP contribution in [0, 0.1) is 0 Å². The molecule has 0 fully saturated rings. The number of rotatable bonds is 1. The first kappa shape index (κ1) is 10.4. The van der Waals surface area contributed by atoms with E-state index >= 15 is 0 Å². The number of aromatic nitrogens is 2. The molecule has 0 unspecified atom stereocenters. The molecule has 94 valence electrons. The molecule has 3 N–H and O–H groups in total. The van der Waals surface area contributed by atoms with E-state index in [-0.39, 0.29) is 5.75 Å². The summed E-state index contributed by atoms with van der Waals surface area (Å²) in [6.07, 6.45) is 1.06. The number of H-pyrrole nitrogens is 1. The first-order valence-corrected chi connectivity index (χ1v) is 6.35. The van der Waals surface area contributed by atoms with Gasteiger partial charge in [0.1, 0.15) is 11.6 Å². The van der Waals surface area contributed by atoms with Gasteiger partial charge in [0.05, 0.1) is 11.0 Å². The second-order valence-electron chi connectivity index (χ2n) is 4.84. The fraction of sp³-hybridized carbons (Fsp3) is 0.133. The van der Waals surface area contributed by atoms with Crippen LogP contribution >= 0.6 is 0 Å². The molecule has 0 saturated heterocycles. The van der Waals surface area contributed by atoms with Crippen LogP contribution in [0.1, 0.15) is 5.56 Å². The number of anilines is 1. The minimum atomic E-state index is 0.251. The quantitative estimate of drug-likeness (QED) is 0.623. The maximum absolute atomic E-state index is 9.48. The zero-order chi connectivity index (χ0) is 12.8. The van der Waals surface area contributed by atoms with E-state index in [9.17, 15) is 5.11 Å². The van der Waals surface area contributed by atoms with Gasteiger partial charge in [0, 0.05) is 23.9 Å². The molecule has 1 aliphatic heterocycles. The molecule has 0 spiro atoms. The molecule has 2 aromatic carbocycles. The fourth-order valence-corrected chi connectivity index (χ4v) is 2.59. The van der Waals surface area contributed by atoms with Gasteiger partial charge < -0.3 is 15.4 Å². The van der Waals surface area contributed by atoms with Gasteiger partial charge in [-0.2, -0.15) is 0 Å². The van der Waals surface area contributed by atoms with Crippen LogP contribution in [-0.4, -0.2) is 21.6 Å². The largest absolute Gasteiger partial charge is 0.508 e. The van der Waals surface area contributed by atoms with Crippen molar-refractivity contribution in [2.24, 2.45) is 0 Å². The number of phenolic OH excluding ortho intramolecular Hbond substituents is 1. The Hall–Kier alpha value is -2.49. The predicted molar refractivity (Wildman–Crippen MR) is 75.4 cm³/mol. The van der Waals surface area contributed by atoms with E-state index in [2.05, 4.69) is 33.5 Å². The maximum Gasteiger partial charge on any atom is 0.138 e. The van der Waals surface area contributed by atoms with E-state index in [1.165, 1.54) is 11.3 Å². The Morgan fingerprint density at radius 3 is 3.00 bits per heavy atom. The molecule has 0 radical (unpaired) electrons. The number of phenols is 1. The number of aromatic hydroxyl groups is 1. The van der Waals surface area contributed by atoms with E-state index in [1.54, 1.807) is 12.1 Å². The highest BCUT2D eigenvalue weighted by Crippen LogP contribution is 2.28. The van der Waals surface area contributed by atoms with Crippen LogP contribution in [-0.2, 0) is 6.42 Å². The molecule has 1 aliphatic rings. The number of benzene rings is 2. The van der Waals surface area contributed by atoms with Gasteiger partial charge in [-0.1, -0.05) is 0 Å².